The van der Waals surface area contributed by atoms with E-state index in [1.54, 1.807) is 12.1 Å². The monoisotopic (exact) mass is 251 g/mol. The summed E-state index contributed by atoms with van der Waals surface area (Å²) in [6.07, 6.45) is 1.36. The summed E-state index contributed by atoms with van der Waals surface area (Å²) in [6.45, 7) is 0.452. The third kappa shape index (κ3) is 6.52. The van der Waals surface area contributed by atoms with E-state index in [4.69, 9.17) is 9.84 Å². The zero-order valence-corrected chi connectivity index (χ0v) is 10.1. The van der Waals surface area contributed by atoms with E-state index in [9.17, 15) is 9.59 Å². The molecule has 0 unspecified atom stereocenters. The molecule has 18 heavy (non-hydrogen) atoms. The van der Waals surface area contributed by atoms with Crippen LogP contribution in [0.3, 0.4) is 0 Å². The fraction of sp³-hybridized carbons (Fsp3) is 0.385. The molecule has 0 aliphatic heterocycles. The Bertz CT molecular complexity index is 378. The third-order valence-electron chi connectivity index (χ3n) is 2.25. The highest BCUT2D eigenvalue weighted by molar-refractivity contribution is 5.77. The summed E-state index contributed by atoms with van der Waals surface area (Å²) in [7, 11) is 0. The SMILES string of the molecule is O=C(O)CCCCNC(=O)COc1ccccc1. The van der Waals surface area contributed by atoms with Gasteiger partial charge < -0.3 is 15.2 Å². The van der Waals surface area contributed by atoms with Crippen LogP contribution in [-0.4, -0.2) is 30.1 Å². The van der Waals surface area contributed by atoms with E-state index in [0.29, 0.717) is 25.1 Å². The molecule has 0 aliphatic rings. The molecule has 1 amide bonds. The van der Waals surface area contributed by atoms with E-state index < -0.39 is 5.97 Å². The summed E-state index contributed by atoms with van der Waals surface area (Å²) in [5.74, 6) is -0.360. The number of nitrogens with one attached hydrogen (secondary N) is 1. The number of carbonyl (C=O) groups excluding carboxylic acids is 1. The van der Waals surface area contributed by atoms with Crippen LogP contribution < -0.4 is 10.1 Å². The molecule has 0 bridgehead atoms. The van der Waals surface area contributed by atoms with Gasteiger partial charge in [-0.3, -0.25) is 9.59 Å². The molecule has 0 atom stereocenters. The van der Waals surface area contributed by atoms with Crippen LogP contribution in [0.4, 0.5) is 0 Å². The molecule has 0 spiro atoms. The van der Waals surface area contributed by atoms with Crippen molar-refractivity contribution in [3.63, 3.8) is 0 Å². The average Bonchev–Trinajstić information content (AvgIpc) is 2.37. The Balaban J connectivity index is 2.06. The minimum atomic E-state index is -0.811. The molecule has 2 N–H and O–H groups in total. The van der Waals surface area contributed by atoms with E-state index in [1.165, 1.54) is 0 Å². The van der Waals surface area contributed by atoms with Crippen LogP contribution in [0.15, 0.2) is 30.3 Å². The maximum absolute atomic E-state index is 11.4. The van der Waals surface area contributed by atoms with Crippen LogP contribution in [0, 0.1) is 0 Å². The topological polar surface area (TPSA) is 75.6 Å². The number of hydrogen-bond donors (Lipinski definition) is 2. The number of aliphatic carboxylic acids is 1. The largest absolute Gasteiger partial charge is 0.484 e. The minimum Gasteiger partial charge on any atom is -0.484 e. The van der Waals surface area contributed by atoms with E-state index in [1.807, 2.05) is 18.2 Å². The molecule has 1 rings (SSSR count). The van der Waals surface area contributed by atoms with Crippen molar-refractivity contribution >= 4 is 11.9 Å². The zero-order valence-electron chi connectivity index (χ0n) is 10.1. The first-order valence-electron chi connectivity index (χ1n) is 5.85. The van der Waals surface area contributed by atoms with Crippen molar-refractivity contribution in [1.29, 1.82) is 0 Å². The first kappa shape index (κ1) is 14.0. The van der Waals surface area contributed by atoms with E-state index in [2.05, 4.69) is 5.32 Å². The molecule has 0 heterocycles. The van der Waals surface area contributed by atoms with Crippen LogP contribution in [-0.2, 0) is 9.59 Å². The number of carboxylic acid groups (broad SMARTS) is 1. The quantitative estimate of drug-likeness (QED) is 0.685. The highest BCUT2D eigenvalue weighted by atomic mass is 16.5. The lowest BCUT2D eigenvalue weighted by Crippen LogP contribution is -2.29. The normalized spacial score (nSPS) is 9.78. The van der Waals surface area contributed by atoms with Gasteiger partial charge in [-0.05, 0) is 25.0 Å². The number of hydrogen-bond acceptors (Lipinski definition) is 3. The lowest BCUT2D eigenvalue weighted by atomic mass is 10.2. The Hall–Kier alpha value is -2.04. The standard InChI is InChI=1S/C13H17NO4/c15-12(14-9-5-4-8-13(16)17)10-18-11-6-2-1-3-7-11/h1-3,6-7H,4-5,8-10H2,(H,14,15)(H,16,17). The van der Waals surface area contributed by atoms with Crippen molar-refractivity contribution in [3.8, 4) is 5.75 Å². The van der Waals surface area contributed by atoms with Crippen molar-refractivity contribution in [2.75, 3.05) is 13.2 Å². The summed E-state index contributed by atoms with van der Waals surface area (Å²) in [5.41, 5.74) is 0. The van der Waals surface area contributed by atoms with E-state index in [-0.39, 0.29) is 18.9 Å². The van der Waals surface area contributed by atoms with Gasteiger partial charge in [0.05, 0.1) is 0 Å². The van der Waals surface area contributed by atoms with Gasteiger partial charge in [-0.2, -0.15) is 0 Å². The molecule has 0 aromatic heterocycles. The van der Waals surface area contributed by atoms with Crippen molar-refractivity contribution in [2.24, 2.45) is 0 Å². The summed E-state index contributed by atoms with van der Waals surface area (Å²) < 4.78 is 5.26. The molecule has 0 aliphatic carbocycles. The molecular formula is C13H17NO4. The van der Waals surface area contributed by atoms with Gasteiger partial charge in [-0.25, -0.2) is 0 Å². The van der Waals surface area contributed by atoms with Gasteiger partial charge in [0.15, 0.2) is 6.61 Å². The zero-order chi connectivity index (χ0) is 13.2. The first-order chi connectivity index (χ1) is 8.68. The predicted molar refractivity (Wildman–Crippen MR) is 66.4 cm³/mol. The van der Waals surface area contributed by atoms with Gasteiger partial charge >= 0.3 is 5.97 Å². The molecule has 5 nitrogen and oxygen atoms in total. The van der Waals surface area contributed by atoms with Gasteiger partial charge in [-0.15, -0.1) is 0 Å². The fourth-order valence-electron chi connectivity index (χ4n) is 1.35. The molecule has 98 valence electrons. The molecule has 1 aromatic carbocycles. The Morgan fingerprint density at radius 1 is 1.17 bits per heavy atom. The van der Waals surface area contributed by atoms with Gasteiger partial charge in [0.25, 0.3) is 5.91 Å². The Morgan fingerprint density at radius 2 is 1.89 bits per heavy atom. The van der Waals surface area contributed by atoms with E-state index >= 15 is 0 Å². The summed E-state index contributed by atoms with van der Waals surface area (Å²) >= 11 is 0. The summed E-state index contributed by atoms with van der Waals surface area (Å²) in [4.78, 5) is 21.6. The molecule has 0 fully saturated rings. The van der Waals surface area contributed by atoms with Gasteiger partial charge in [0.1, 0.15) is 5.75 Å². The van der Waals surface area contributed by atoms with Crippen molar-refractivity contribution in [2.45, 2.75) is 19.3 Å². The highest BCUT2D eigenvalue weighted by Crippen LogP contribution is 2.07. The number of benzene rings is 1. The number of para-hydroxylation sites is 1. The summed E-state index contributed by atoms with van der Waals surface area (Å²) in [5, 5.41) is 11.1. The van der Waals surface area contributed by atoms with Gasteiger partial charge in [0.2, 0.25) is 0 Å². The van der Waals surface area contributed by atoms with Crippen molar-refractivity contribution < 1.29 is 19.4 Å². The molecule has 0 saturated heterocycles. The van der Waals surface area contributed by atoms with E-state index in [0.717, 1.165) is 0 Å². The Labute approximate surface area is 106 Å². The van der Waals surface area contributed by atoms with Gasteiger partial charge in [0, 0.05) is 13.0 Å². The minimum absolute atomic E-state index is 0.0249. The highest BCUT2D eigenvalue weighted by Gasteiger charge is 2.02. The van der Waals surface area contributed by atoms with Crippen LogP contribution in [0.1, 0.15) is 19.3 Å². The molecule has 0 radical (unpaired) electrons. The lowest BCUT2D eigenvalue weighted by Gasteiger charge is -2.06. The lowest BCUT2D eigenvalue weighted by molar-refractivity contribution is -0.137. The Morgan fingerprint density at radius 3 is 2.56 bits per heavy atom. The average molecular weight is 251 g/mol. The maximum Gasteiger partial charge on any atom is 0.303 e. The predicted octanol–water partition coefficient (Wildman–Crippen LogP) is 1.44. The van der Waals surface area contributed by atoms with Crippen molar-refractivity contribution in [1.82, 2.24) is 5.32 Å². The van der Waals surface area contributed by atoms with Crippen LogP contribution in [0.5, 0.6) is 5.75 Å². The summed E-state index contributed by atoms with van der Waals surface area (Å²) in [6, 6.07) is 9.09. The fourth-order valence-corrected chi connectivity index (χ4v) is 1.35. The second-order valence-electron chi connectivity index (χ2n) is 3.80. The molecular weight excluding hydrogens is 234 g/mol. The van der Waals surface area contributed by atoms with Crippen molar-refractivity contribution in [3.05, 3.63) is 30.3 Å². The first-order valence-corrected chi connectivity index (χ1v) is 5.85. The number of carboxylic acids is 1. The number of unbranched alkanes of at least 4 members (excludes halogenated alkanes) is 1. The maximum atomic E-state index is 11.4. The molecule has 5 heteroatoms. The second-order valence-corrected chi connectivity index (χ2v) is 3.80. The van der Waals surface area contributed by atoms with Crippen LogP contribution in [0.2, 0.25) is 0 Å². The molecule has 1 aromatic rings. The smallest absolute Gasteiger partial charge is 0.303 e. The number of rotatable bonds is 8. The number of ether oxygens (including phenoxy) is 1. The van der Waals surface area contributed by atoms with Crippen LogP contribution >= 0.6 is 0 Å². The second kappa shape index (κ2) is 8.11. The molecule has 0 saturated carbocycles. The Kier molecular flexibility index (Phi) is 6.32. The van der Waals surface area contributed by atoms with Crippen LogP contribution in [0.25, 0.3) is 0 Å². The third-order valence-corrected chi connectivity index (χ3v) is 2.25. The number of carbonyl (C=O) groups is 2. The number of amides is 1. The van der Waals surface area contributed by atoms with Gasteiger partial charge in [-0.1, -0.05) is 18.2 Å².